The van der Waals surface area contributed by atoms with Crippen molar-refractivity contribution < 1.29 is 9.53 Å². The van der Waals surface area contributed by atoms with E-state index in [1.54, 1.807) is 0 Å². The zero-order valence-electron chi connectivity index (χ0n) is 15.1. The normalized spacial score (nSPS) is 22.3. The van der Waals surface area contributed by atoms with Crippen molar-refractivity contribution in [1.82, 2.24) is 14.7 Å². The summed E-state index contributed by atoms with van der Waals surface area (Å²) < 4.78 is 5.45. The largest absolute Gasteiger partial charge is 0.444 e. The van der Waals surface area contributed by atoms with Gasteiger partial charge in [0.2, 0.25) is 0 Å². The van der Waals surface area contributed by atoms with E-state index in [1.807, 2.05) is 25.7 Å². The number of piperazine rings is 1. The lowest BCUT2D eigenvalue weighted by molar-refractivity contribution is 0.0123. The molecule has 0 aromatic rings. The minimum atomic E-state index is -0.411. The molecule has 0 aliphatic carbocycles. The summed E-state index contributed by atoms with van der Waals surface area (Å²) in [6.07, 6.45) is 2.37. The number of rotatable bonds is 4. The summed E-state index contributed by atoms with van der Waals surface area (Å²) >= 11 is 0. The fourth-order valence-electron chi connectivity index (χ4n) is 3.38. The Bertz CT molecular complexity index is 367. The lowest BCUT2D eigenvalue weighted by Gasteiger charge is -2.39. The van der Waals surface area contributed by atoms with Gasteiger partial charge in [0.05, 0.1) is 0 Å². The molecule has 23 heavy (non-hydrogen) atoms. The van der Waals surface area contributed by atoms with E-state index >= 15 is 0 Å². The van der Waals surface area contributed by atoms with Crippen LogP contribution in [-0.4, -0.2) is 85.3 Å². The Morgan fingerprint density at radius 2 is 1.65 bits per heavy atom. The number of amides is 1. The molecule has 6 nitrogen and oxygen atoms in total. The van der Waals surface area contributed by atoms with Crippen molar-refractivity contribution in [3.8, 4) is 0 Å². The van der Waals surface area contributed by atoms with Crippen LogP contribution in [0.5, 0.6) is 0 Å². The summed E-state index contributed by atoms with van der Waals surface area (Å²) in [6.45, 7) is 14.5. The third kappa shape index (κ3) is 6.28. The SMILES string of the molecule is CC(C)(C)OC(=O)N1CCN(CC2CCN(CCN)CC2)CC1. The lowest BCUT2D eigenvalue weighted by atomic mass is 9.96. The number of hydrogen-bond donors (Lipinski definition) is 1. The predicted molar refractivity (Wildman–Crippen MR) is 92.5 cm³/mol. The van der Waals surface area contributed by atoms with Crippen molar-refractivity contribution in [3.63, 3.8) is 0 Å². The molecule has 0 saturated carbocycles. The molecule has 0 spiro atoms. The number of carbonyl (C=O) groups excluding carboxylic acids is 1. The molecule has 0 unspecified atom stereocenters. The molecular weight excluding hydrogens is 292 g/mol. The number of nitrogens with two attached hydrogens (primary N) is 1. The molecule has 1 amide bonds. The zero-order chi connectivity index (χ0) is 16.9. The molecule has 0 aromatic heterocycles. The van der Waals surface area contributed by atoms with Crippen LogP contribution < -0.4 is 5.73 Å². The second-order valence-corrected chi connectivity index (χ2v) is 7.84. The van der Waals surface area contributed by atoms with E-state index in [-0.39, 0.29) is 6.09 Å². The standard InChI is InChI=1S/C17H34N4O2/c1-17(2,3)23-16(22)21-12-10-20(11-13-21)14-15-4-7-19(8-5-15)9-6-18/h15H,4-14,18H2,1-3H3. The summed E-state index contributed by atoms with van der Waals surface area (Å²) in [4.78, 5) is 18.9. The Hall–Kier alpha value is -0.850. The highest BCUT2D eigenvalue weighted by atomic mass is 16.6. The first-order valence-corrected chi connectivity index (χ1v) is 9.00. The van der Waals surface area contributed by atoms with E-state index in [4.69, 9.17) is 10.5 Å². The van der Waals surface area contributed by atoms with Gasteiger partial charge in [0, 0.05) is 45.8 Å². The molecule has 6 heteroatoms. The van der Waals surface area contributed by atoms with Crippen LogP contribution in [0.1, 0.15) is 33.6 Å². The molecule has 2 rings (SSSR count). The summed E-state index contributed by atoms with van der Waals surface area (Å²) in [6, 6.07) is 0. The molecule has 134 valence electrons. The Morgan fingerprint density at radius 1 is 1.04 bits per heavy atom. The van der Waals surface area contributed by atoms with Crippen molar-refractivity contribution in [2.75, 3.05) is 58.9 Å². The molecule has 2 aliphatic heterocycles. The van der Waals surface area contributed by atoms with Gasteiger partial charge < -0.3 is 20.3 Å². The Morgan fingerprint density at radius 3 is 2.17 bits per heavy atom. The second kappa shape index (κ2) is 8.31. The van der Waals surface area contributed by atoms with Gasteiger partial charge in [-0.05, 0) is 52.6 Å². The monoisotopic (exact) mass is 326 g/mol. The van der Waals surface area contributed by atoms with Crippen molar-refractivity contribution in [1.29, 1.82) is 0 Å². The van der Waals surface area contributed by atoms with Gasteiger partial charge in [-0.3, -0.25) is 4.90 Å². The number of nitrogens with zero attached hydrogens (tertiary/aromatic N) is 3. The first-order chi connectivity index (χ1) is 10.9. The minimum Gasteiger partial charge on any atom is -0.444 e. The van der Waals surface area contributed by atoms with Crippen molar-refractivity contribution >= 4 is 6.09 Å². The Balaban J connectivity index is 1.66. The van der Waals surface area contributed by atoms with E-state index in [2.05, 4.69) is 9.80 Å². The van der Waals surface area contributed by atoms with Crippen LogP contribution in [0.25, 0.3) is 0 Å². The van der Waals surface area contributed by atoms with E-state index in [9.17, 15) is 4.79 Å². The third-order valence-electron chi connectivity index (χ3n) is 4.69. The van der Waals surface area contributed by atoms with E-state index in [0.717, 1.165) is 45.2 Å². The molecule has 0 radical (unpaired) electrons. The van der Waals surface area contributed by atoms with Crippen molar-refractivity contribution in [3.05, 3.63) is 0 Å². The van der Waals surface area contributed by atoms with Gasteiger partial charge in [-0.2, -0.15) is 0 Å². The van der Waals surface area contributed by atoms with Crippen LogP contribution in [-0.2, 0) is 4.74 Å². The molecule has 2 heterocycles. The van der Waals surface area contributed by atoms with Crippen LogP contribution in [0, 0.1) is 5.92 Å². The van der Waals surface area contributed by atoms with Gasteiger partial charge in [-0.15, -0.1) is 0 Å². The molecule has 2 saturated heterocycles. The quantitative estimate of drug-likeness (QED) is 0.841. The van der Waals surface area contributed by atoms with Crippen molar-refractivity contribution in [2.45, 2.75) is 39.2 Å². The number of ether oxygens (including phenoxy) is 1. The average Bonchev–Trinajstić information content (AvgIpc) is 2.48. The van der Waals surface area contributed by atoms with Crippen molar-refractivity contribution in [2.24, 2.45) is 11.7 Å². The van der Waals surface area contributed by atoms with Gasteiger partial charge in [-0.25, -0.2) is 4.79 Å². The van der Waals surface area contributed by atoms with E-state index < -0.39 is 5.60 Å². The molecule has 2 N–H and O–H groups in total. The summed E-state index contributed by atoms with van der Waals surface area (Å²) in [5.74, 6) is 0.789. The van der Waals surface area contributed by atoms with Gasteiger partial charge in [0.25, 0.3) is 0 Å². The maximum Gasteiger partial charge on any atom is 0.410 e. The number of piperidine rings is 1. The van der Waals surface area contributed by atoms with Crippen LogP contribution in [0.3, 0.4) is 0 Å². The highest BCUT2D eigenvalue weighted by molar-refractivity contribution is 5.68. The highest BCUT2D eigenvalue weighted by Crippen LogP contribution is 2.19. The lowest BCUT2D eigenvalue weighted by Crippen LogP contribution is -2.51. The number of likely N-dealkylation sites (tertiary alicyclic amines) is 1. The minimum absolute atomic E-state index is 0.174. The number of hydrogen-bond acceptors (Lipinski definition) is 5. The third-order valence-corrected chi connectivity index (χ3v) is 4.69. The second-order valence-electron chi connectivity index (χ2n) is 7.84. The van der Waals surface area contributed by atoms with Crippen LogP contribution >= 0.6 is 0 Å². The molecule has 0 atom stereocenters. The first kappa shape index (κ1) is 18.5. The zero-order valence-corrected chi connectivity index (χ0v) is 15.1. The van der Waals surface area contributed by atoms with Crippen LogP contribution in [0.4, 0.5) is 4.79 Å². The average molecular weight is 326 g/mol. The smallest absolute Gasteiger partial charge is 0.410 e. The predicted octanol–water partition coefficient (Wildman–Crippen LogP) is 1.21. The fourth-order valence-corrected chi connectivity index (χ4v) is 3.38. The molecule has 2 fully saturated rings. The Labute approximate surface area is 140 Å². The molecule has 0 aromatic carbocycles. The van der Waals surface area contributed by atoms with Crippen LogP contribution in [0.15, 0.2) is 0 Å². The van der Waals surface area contributed by atoms with E-state index in [0.29, 0.717) is 0 Å². The molecule has 0 bridgehead atoms. The topological polar surface area (TPSA) is 62.0 Å². The van der Waals surface area contributed by atoms with Gasteiger partial charge in [0.1, 0.15) is 5.60 Å². The maximum atomic E-state index is 12.1. The summed E-state index contributed by atoms with van der Waals surface area (Å²) in [7, 11) is 0. The maximum absolute atomic E-state index is 12.1. The summed E-state index contributed by atoms with van der Waals surface area (Å²) in [5, 5.41) is 0. The fraction of sp³-hybridized carbons (Fsp3) is 0.941. The van der Waals surface area contributed by atoms with Crippen LogP contribution in [0.2, 0.25) is 0 Å². The summed E-state index contributed by atoms with van der Waals surface area (Å²) in [5.41, 5.74) is 5.22. The first-order valence-electron chi connectivity index (χ1n) is 9.00. The number of carbonyl (C=O) groups is 1. The van der Waals surface area contributed by atoms with Gasteiger partial charge >= 0.3 is 6.09 Å². The Kier molecular flexibility index (Phi) is 6.68. The van der Waals surface area contributed by atoms with E-state index in [1.165, 1.54) is 32.5 Å². The highest BCUT2D eigenvalue weighted by Gasteiger charge is 2.27. The van der Waals surface area contributed by atoms with Gasteiger partial charge in [-0.1, -0.05) is 0 Å². The molecule has 2 aliphatic rings. The molecular formula is C17H34N4O2. The van der Waals surface area contributed by atoms with Gasteiger partial charge in [0.15, 0.2) is 0 Å².